The Morgan fingerprint density at radius 1 is 1.50 bits per heavy atom. The van der Waals surface area contributed by atoms with Crippen molar-refractivity contribution in [2.45, 2.75) is 25.6 Å². The minimum absolute atomic E-state index is 0.0122. The maximum atomic E-state index is 12.1. The summed E-state index contributed by atoms with van der Waals surface area (Å²) in [5.74, 6) is 0. The van der Waals surface area contributed by atoms with Gasteiger partial charge in [0.25, 0.3) is 5.69 Å². The first-order valence-electron chi connectivity index (χ1n) is 4.96. The Kier molecular flexibility index (Phi) is 4.39. The third kappa shape index (κ3) is 4.40. The molecule has 4 nitrogen and oxygen atoms in total. The normalized spacial score (nSPS) is 13.2. The lowest BCUT2D eigenvalue weighted by Crippen LogP contribution is -2.23. The molecular weight excluding hydrogens is 273 g/mol. The van der Waals surface area contributed by atoms with Crippen LogP contribution in [0.5, 0.6) is 0 Å². The zero-order valence-corrected chi connectivity index (χ0v) is 10.0. The van der Waals surface area contributed by atoms with Crippen LogP contribution in [0.2, 0.25) is 5.02 Å². The van der Waals surface area contributed by atoms with E-state index in [0.29, 0.717) is 0 Å². The summed E-state index contributed by atoms with van der Waals surface area (Å²) < 4.78 is 36.4. The van der Waals surface area contributed by atoms with Gasteiger partial charge in [0.15, 0.2) is 0 Å². The Balaban J connectivity index is 2.77. The molecule has 18 heavy (non-hydrogen) atoms. The van der Waals surface area contributed by atoms with Gasteiger partial charge < -0.3 is 5.32 Å². The second kappa shape index (κ2) is 5.43. The van der Waals surface area contributed by atoms with Crippen LogP contribution in [-0.4, -0.2) is 17.1 Å². The molecule has 1 rings (SSSR count). The maximum absolute atomic E-state index is 12.1. The van der Waals surface area contributed by atoms with Crippen molar-refractivity contribution in [3.05, 3.63) is 33.3 Å². The van der Waals surface area contributed by atoms with Crippen LogP contribution in [-0.2, 0) is 0 Å². The molecule has 1 N–H and O–H groups in total. The second-order valence-electron chi connectivity index (χ2n) is 3.79. The van der Waals surface area contributed by atoms with E-state index in [1.165, 1.54) is 19.1 Å². The van der Waals surface area contributed by atoms with Crippen molar-refractivity contribution in [2.24, 2.45) is 0 Å². The molecule has 0 radical (unpaired) electrons. The van der Waals surface area contributed by atoms with Crippen LogP contribution < -0.4 is 5.32 Å². The fourth-order valence-corrected chi connectivity index (χ4v) is 1.63. The Labute approximate surface area is 106 Å². The lowest BCUT2D eigenvalue weighted by molar-refractivity contribution is -0.384. The highest BCUT2D eigenvalue weighted by Crippen LogP contribution is 2.29. The van der Waals surface area contributed by atoms with Gasteiger partial charge in [-0.05, 0) is 13.0 Å². The van der Waals surface area contributed by atoms with Crippen LogP contribution in [0.4, 0.5) is 24.5 Å². The van der Waals surface area contributed by atoms with E-state index in [0.717, 1.165) is 6.07 Å². The molecule has 1 aromatic rings. The van der Waals surface area contributed by atoms with Gasteiger partial charge in [0, 0.05) is 18.2 Å². The second-order valence-corrected chi connectivity index (χ2v) is 4.19. The van der Waals surface area contributed by atoms with Crippen molar-refractivity contribution < 1.29 is 18.1 Å². The Hall–Kier alpha value is -1.50. The summed E-state index contributed by atoms with van der Waals surface area (Å²) >= 11 is 5.74. The molecule has 8 heteroatoms. The minimum Gasteiger partial charge on any atom is -0.381 e. The number of halogens is 4. The third-order valence-electron chi connectivity index (χ3n) is 2.10. The van der Waals surface area contributed by atoms with E-state index < -0.39 is 23.6 Å². The van der Waals surface area contributed by atoms with Gasteiger partial charge in [-0.1, -0.05) is 11.6 Å². The van der Waals surface area contributed by atoms with Crippen molar-refractivity contribution in [3.8, 4) is 0 Å². The van der Waals surface area contributed by atoms with Crippen molar-refractivity contribution in [3.63, 3.8) is 0 Å². The minimum atomic E-state index is -4.28. The number of nitro benzene ring substituents is 1. The van der Waals surface area contributed by atoms with E-state index >= 15 is 0 Å². The number of nitrogens with zero attached hydrogens (tertiary/aromatic N) is 1. The molecule has 0 bridgehead atoms. The van der Waals surface area contributed by atoms with Gasteiger partial charge in [-0.2, -0.15) is 13.2 Å². The van der Waals surface area contributed by atoms with Crippen LogP contribution in [0, 0.1) is 10.1 Å². The van der Waals surface area contributed by atoms with Crippen LogP contribution in [0.1, 0.15) is 13.3 Å². The number of alkyl halides is 3. The zero-order chi connectivity index (χ0) is 13.9. The summed E-state index contributed by atoms with van der Waals surface area (Å²) in [4.78, 5) is 9.82. The van der Waals surface area contributed by atoms with Gasteiger partial charge in [0.2, 0.25) is 0 Å². The molecule has 0 aliphatic heterocycles. The highest BCUT2D eigenvalue weighted by molar-refractivity contribution is 6.33. The van der Waals surface area contributed by atoms with Gasteiger partial charge >= 0.3 is 6.18 Å². The van der Waals surface area contributed by atoms with Crippen molar-refractivity contribution in [1.29, 1.82) is 0 Å². The summed E-state index contributed by atoms with van der Waals surface area (Å²) in [5.41, 5.74) is 0.0213. The Morgan fingerprint density at radius 3 is 2.56 bits per heavy atom. The van der Waals surface area contributed by atoms with Crippen molar-refractivity contribution in [2.75, 3.05) is 5.32 Å². The summed E-state index contributed by atoms with van der Waals surface area (Å²) in [6, 6.07) is 2.68. The van der Waals surface area contributed by atoms with Gasteiger partial charge in [-0.25, -0.2) is 0 Å². The zero-order valence-electron chi connectivity index (χ0n) is 9.29. The molecule has 0 aliphatic rings. The number of benzene rings is 1. The van der Waals surface area contributed by atoms with E-state index in [1.54, 1.807) is 0 Å². The smallest absolute Gasteiger partial charge is 0.381 e. The molecule has 1 atom stereocenters. The van der Waals surface area contributed by atoms with E-state index in [9.17, 15) is 23.3 Å². The first kappa shape index (κ1) is 14.6. The number of hydrogen-bond acceptors (Lipinski definition) is 3. The van der Waals surface area contributed by atoms with E-state index in [1.807, 2.05) is 0 Å². The van der Waals surface area contributed by atoms with Gasteiger partial charge in [0.1, 0.15) is 0 Å². The third-order valence-corrected chi connectivity index (χ3v) is 2.42. The maximum Gasteiger partial charge on any atom is 0.391 e. The molecular formula is C10H10ClF3N2O2. The highest BCUT2D eigenvalue weighted by Gasteiger charge is 2.30. The van der Waals surface area contributed by atoms with Crippen LogP contribution in [0.15, 0.2) is 18.2 Å². The number of non-ortho nitro benzene ring substituents is 1. The Morgan fingerprint density at radius 2 is 2.11 bits per heavy atom. The van der Waals surface area contributed by atoms with Crippen LogP contribution >= 0.6 is 11.6 Å². The largest absolute Gasteiger partial charge is 0.391 e. The molecule has 0 aliphatic carbocycles. The standard InChI is InChI=1S/C10H10ClF3N2O2/c1-6(5-10(12,13)14)15-9-3-2-7(16(17)18)4-8(9)11/h2-4,6,15H,5H2,1H3. The summed E-state index contributed by atoms with van der Waals surface area (Å²) in [6.07, 6.45) is -5.29. The topological polar surface area (TPSA) is 55.2 Å². The first-order valence-corrected chi connectivity index (χ1v) is 5.34. The SMILES string of the molecule is CC(CC(F)(F)F)Nc1ccc([N+](=O)[O-])cc1Cl. The molecule has 1 aromatic carbocycles. The van der Waals surface area contributed by atoms with E-state index in [4.69, 9.17) is 11.6 Å². The molecule has 0 fully saturated rings. The van der Waals surface area contributed by atoms with Gasteiger partial charge in [-0.15, -0.1) is 0 Å². The van der Waals surface area contributed by atoms with Gasteiger partial charge in [0.05, 0.1) is 22.1 Å². The summed E-state index contributed by atoms with van der Waals surface area (Å²) in [7, 11) is 0. The molecule has 100 valence electrons. The average molecular weight is 283 g/mol. The van der Waals surface area contributed by atoms with Crippen LogP contribution in [0.25, 0.3) is 0 Å². The monoisotopic (exact) mass is 282 g/mol. The highest BCUT2D eigenvalue weighted by atomic mass is 35.5. The quantitative estimate of drug-likeness (QED) is 0.671. The molecule has 0 amide bonds. The van der Waals surface area contributed by atoms with Crippen LogP contribution in [0.3, 0.4) is 0 Å². The van der Waals surface area contributed by atoms with E-state index in [2.05, 4.69) is 5.32 Å². The van der Waals surface area contributed by atoms with E-state index in [-0.39, 0.29) is 16.4 Å². The molecule has 0 aromatic heterocycles. The number of rotatable bonds is 4. The van der Waals surface area contributed by atoms with Crippen molar-refractivity contribution in [1.82, 2.24) is 0 Å². The number of nitro groups is 1. The molecule has 0 spiro atoms. The molecule has 0 heterocycles. The molecule has 1 unspecified atom stereocenters. The summed E-state index contributed by atoms with van der Waals surface area (Å²) in [5, 5.41) is 13.0. The van der Waals surface area contributed by atoms with Crippen molar-refractivity contribution >= 4 is 23.0 Å². The first-order chi connectivity index (χ1) is 8.19. The predicted octanol–water partition coefficient (Wildman–Crippen LogP) is 4.00. The summed E-state index contributed by atoms with van der Waals surface area (Å²) in [6.45, 7) is 1.35. The molecule has 0 saturated heterocycles. The lowest BCUT2D eigenvalue weighted by atomic mass is 10.2. The number of nitrogens with one attached hydrogen (secondary N) is 1. The Bertz CT molecular complexity index is 451. The lowest BCUT2D eigenvalue weighted by Gasteiger charge is -2.17. The molecule has 0 saturated carbocycles. The average Bonchev–Trinajstić information content (AvgIpc) is 2.17. The number of hydrogen-bond donors (Lipinski definition) is 1. The fourth-order valence-electron chi connectivity index (χ4n) is 1.40. The predicted molar refractivity (Wildman–Crippen MR) is 61.9 cm³/mol. The number of anilines is 1. The van der Waals surface area contributed by atoms with Gasteiger partial charge in [-0.3, -0.25) is 10.1 Å². The fraction of sp³-hybridized carbons (Fsp3) is 0.400.